The number of carbonyl (C=O) groups is 1. The van der Waals surface area contributed by atoms with Gasteiger partial charge in [-0.05, 0) is 30.5 Å². The summed E-state index contributed by atoms with van der Waals surface area (Å²) in [5, 5.41) is 11.6. The fraction of sp³-hybridized carbons (Fsp3) is 0.500. The average molecular weight is 328 g/mol. The van der Waals surface area contributed by atoms with Crippen LogP contribution in [0.5, 0.6) is 0 Å². The van der Waals surface area contributed by atoms with Crippen LogP contribution in [0.1, 0.15) is 46.8 Å². The van der Waals surface area contributed by atoms with Gasteiger partial charge in [0.05, 0.1) is 6.61 Å². The monoisotopic (exact) mass is 328 g/mol. The maximum atomic E-state index is 12.3. The number of aryl methyl sites for hydroxylation is 1. The molecule has 6 nitrogen and oxygen atoms in total. The summed E-state index contributed by atoms with van der Waals surface area (Å²) in [5.41, 5.74) is 1.65. The third-order valence-corrected chi connectivity index (χ3v) is 4.32. The molecular weight excluding hydrogens is 304 g/mol. The van der Waals surface area contributed by atoms with Crippen LogP contribution in [0.4, 0.5) is 0 Å². The van der Waals surface area contributed by atoms with Crippen molar-refractivity contribution in [2.45, 2.75) is 45.3 Å². The van der Waals surface area contributed by atoms with Crippen LogP contribution in [0.2, 0.25) is 0 Å². The molecule has 0 radical (unpaired) electrons. The lowest BCUT2D eigenvalue weighted by Gasteiger charge is -2.08. The molecule has 1 amide bonds. The van der Waals surface area contributed by atoms with Crippen molar-refractivity contribution in [1.29, 1.82) is 0 Å². The Balaban J connectivity index is 1.56. The van der Waals surface area contributed by atoms with Gasteiger partial charge in [-0.1, -0.05) is 18.6 Å². The number of aromatic nitrogens is 3. The van der Waals surface area contributed by atoms with Crippen molar-refractivity contribution in [2.24, 2.45) is 0 Å². The van der Waals surface area contributed by atoms with Gasteiger partial charge in [-0.3, -0.25) is 4.79 Å². The molecule has 3 rings (SSSR count). The van der Waals surface area contributed by atoms with Crippen molar-refractivity contribution in [3.63, 3.8) is 0 Å². The van der Waals surface area contributed by atoms with Gasteiger partial charge in [0.1, 0.15) is 11.6 Å². The van der Waals surface area contributed by atoms with Crippen LogP contribution in [-0.2, 0) is 30.7 Å². The van der Waals surface area contributed by atoms with Gasteiger partial charge in [0.25, 0.3) is 5.91 Å². The Hall–Kier alpha value is -2.21. The molecule has 0 saturated heterocycles. The minimum atomic E-state index is -0.0661. The molecule has 0 aliphatic carbocycles. The summed E-state index contributed by atoms with van der Waals surface area (Å²) in [6.45, 7) is 2.06. The Labute approximate surface area is 142 Å². The van der Waals surface area contributed by atoms with Crippen LogP contribution in [0.25, 0.3) is 0 Å². The SMILES string of the molecule is COCc1cccc(C(=O)NCCc2nnc3n2CCCCC3)c1. The number of nitrogens with zero attached hydrogens (tertiary/aromatic N) is 3. The van der Waals surface area contributed by atoms with Gasteiger partial charge in [-0.15, -0.1) is 10.2 Å². The minimum Gasteiger partial charge on any atom is -0.380 e. The summed E-state index contributed by atoms with van der Waals surface area (Å²) in [7, 11) is 1.65. The summed E-state index contributed by atoms with van der Waals surface area (Å²) in [5.74, 6) is 1.99. The van der Waals surface area contributed by atoms with Crippen LogP contribution in [0.15, 0.2) is 24.3 Å². The molecule has 0 bridgehead atoms. The summed E-state index contributed by atoms with van der Waals surface area (Å²) in [6, 6.07) is 7.51. The van der Waals surface area contributed by atoms with E-state index in [0.717, 1.165) is 30.2 Å². The number of carbonyl (C=O) groups excluding carboxylic acids is 1. The molecule has 0 atom stereocenters. The zero-order valence-electron chi connectivity index (χ0n) is 14.1. The van der Waals surface area contributed by atoms with E-state index in [9.17, 15) is 4.79 Å². The van der Waals surface area contributed by atoms with Crippen LogP contribution in [-0.4, -0.2) is 34.3 Å². The van der Waals surface area contributed by atoms with Crippen molar-refractivity contribution in [1.82, 2.24) is 20.1 Å². The number of ether oxygens (including phenoxy) is 1. The van der Waals surface area contributed by atoms with Gasteiger partial charge in [-0.25, -0.2) is 0 Å². The Kier molecular flexibility index (Phi) is 5.59. The van der Waals surface area contributed by atoms with E-state index in [0.29, 0.717) is 25.1 Å². The van der Waals surface area contributed by atoms with Crippen LogP contribution >= 0.6 is 0 Å². The van der Waals surface area contributed by atoms with Gasteiger partial charge < -0.3 is 14.6 Å². The third-order valence-electron chi connectivity index (χ3n) is 4.32. The first-order valence-corrected chi connectivity index (χ1v) is 8.55. The molecule has 2 heterocycles. The number of nitrogens with one attached hydrogen (secondary N) is 1. The fourth-order valence-corrected chi connectivity index (χ4v) is 3.09. The van der Waals surface area contributed by atoms with Crippen molar-refractivity contribution >= 4 is 5.91 Å². The van der Waals surface area contributed by atoms with Crippen LogP contribution < -0.4 is 5.32 Å². The highest BCUT2D eigenvalue weighted by atomic mass is 16.5. The first-order valence-electron chi connectivity index (χ1n) is 8.55. The second-order valence-corrected chi connectivity index (χ2v) is 6.13. The van der Waals surface area contributed by atoms with Crippen molar-refractivity contribution in [2.75, 3.05) is 13.7 Å². The average Bonchev–Trinajstić information content (AvgIpc) is 2.82. The third kappa shape index (κ3) is 4.00. The molecule has 1 N–H and O–H groups in total. The minimum absolute atomic E-state index is 0.0661. The Bertz CT molecular complexity index is 696. The largest absolute Gasteiger partial charge is 0.380 e. The molecule has 6 heteroatoms. The van der Waals surface area contributed by atoms with Crippen LogP contribution in [0.3, 0.4) is 0 Å². The number of methoxy groups -OCH3 is 1. The smallest absolute Gasteiger partial charge is 0.251 e. The number of hydrogen-bond donors (Lipinski definition) is 1. The topological polar surface area (TPSA) is 69.0 Å². The zero-order valence-corrected chi connectivity index (χ0v) is 14.1. The summed E-state index contributed by atoms with van der Waals surface area (Å²) < 4.78 is 7.33. The highest BCUT2D eigenvalue weighted by molar-refractivity contribution is 5.94. The Morgan fingerprint density at radius 2 is 2.21 bits per heavy atom. The highest BCUT2D eigenvalue weighted by Crippen LogP contribution is 2.14. The first-order chi connectivity index (χ1) is 11.8. The van der Waals surface area contributed by atoms with E-state index < -0.39 is 0 Å². The van der Waals surface area contributed by atoms with Crippen LogP contribution in [0, 0.1) is 0 Å². The molecule has 0 spiro atoms. The van der Waals surface area contributed by atoms with E-state index in [4.69, 9.17) is 4.74 Å². The van der Waals surface area contributed by atoms with Crippen molar-refractivity contribution in [3.8, 4) is 0 Å². The second kappa shape index (κ2) is 8.06. The molecule has 0 saturated carbocycles. The van der Waals surface area contributed by atoms with Crippen molar-refractivity contribution in [3.05, 3.63) is 47.0 Å². The number of hydrogen-bond acceptors (Lipinski definition) is 4. The molecular formula is C18H24N4O2. The summed E-state index contributed by atoms with van der Waals surface area (Å²) in [4.78, 5) is 12.3. The molecule has 1 aliphatic rings. The normalized spacial score (nSPS) is 14.0. The van der Waals surface area contributed by atoms with Gasteiger partial charge in [0.15, 0.2) is 0 Å². The van der Waals surface area contributed by atoms with Crippen molar-refractivity contribution < 1.29 is 9.53 Å². The quantitative estimate of drug-likeness (QED) is 0.882. The molecule has 1 aliphatic heterocycles. The molecule has 128 valence electrons. The van der Waals surface area contributed by atoms with Gasteiger partial charge >= 0.3 is 0 Å². The molecule has 1 aromatic heterocycles. The van der Waals surface area contributed by atoms with E-state index in [2.05, 4.69) is 20.1 Å². The summed E-state index contributed by atoms with van der Waals surface area (Å²) in [6.07, 6.45) is 5.32. The van der Waals surface area contributed by atoms with Gasteiger partial charge in [0, 0.05) is 38.6 Å². The zero-order chi connectivity index (χ0) is 16.8. The molecule has 2 aromatic rings. The lowest BCUT2D eigenvalue weighted by molar-refractivity contribution is 0.0953. The first kappa shape index (κ1) is 16.6. The van der Waals surface area contributed by atoms with E-state index in [-0.39, 0.29) is 5.91 Å². The molecule has 24 heavy (non-hydrogen) atoms. The van der Waals surface area contributed by atoms with E-state index in [1.54, 1.807) is 7.11 Å². The predicted octanol–water partition coefficient (Wildman–Crippen LogP) is 2.12. The lowest BCUT2D eigenvalue weighted by atomic mass is 10.1. The summed E-state index contributed by atoms with van der Waals surface area (Å²) >= 11 is 0. The van der Waals surface area contributed by atoms with Gasteiger partial charge in [-0.2, -0.15) is 0 Å². The Morgan fingerprint density at radius 3 is 3.08 bits per heavy atom. The Morgan fingerprint density at radius 1 is 1.29 bits per heavy atom. The maximum absolute atomic E-state index is 12.3. The standard InChI is InChI=1S/C18H24N4O2/c1-24-13-14-6-5-7-15(12-14)18(23)19-10-9-17-21-20-16-8-3-2-4-11-22(16)17/h5-7,12H,2-4,8-11,13H2,1H3,(H,19,23). The second-order valence-electron chi connectivity index (χ2n) is 6.13. The molecule has 1 aromatic carbocycles. The number of amides is 1. The molecule has 0 fully saturated rings. The number of rotatable bonds is 6. The maximum Gasteiger partial charge on any atom is 0.251 e. The molecule has 0 unspecified atom stereocenters. The van der Waals surface area contributed by atoms with E-state index >= 15 is 0 Å². The fourth-order valence-electron chi connectivity index (χ4n) is 3.09. The van der Waals surface area contributed by atoms with E-state index in [1.807, 2.05) is 24.3 Å². The lowest BCUT2D eigenvalue weighted by Crippen LogP contribution is -2.26. The van der Waals surface area contributed by atoms with E-state index in [1.165, 1.54) is 19.3 Å². The number of benzene rings is 1. The number of fused-ring (bicyclic) bond motifs is 1. The predicted molar refractivity (Wildman–Crippen MR) is 90.8 cm³/mol. The van der Waals surface area contributed by atoms with Gasteiger partial charge in [0.2, 0.25) is 0 Å². The highest BCUT2D eigenvalue weighted by Gasteiger charge is 2.14.